The third kappa shape index (κ3) is 9.45. The molecule has 0 aliphatic heterocycles. The van der Waals surface area contributed by atoms with Gasteiger partial charge in [-0.3, -0.25) is 9.97 Å². The molecular weight excluding hydrogens is 936 g/mol. The van der Waals surface area contributed by atoms with Crippen molar-refractivity contribution in [3.8, 4) is 84.0 Å². The van der Waals surface area contributed by atoms with Crippen LogP contribution in [-0.2, 0) is 37.3 Å². The maximum atomic E-state index is 11.1. The van der Waals surface area contributed by atoms with Crippen LogP contribution in [0.25, 0.3) is 78.3 Å². The molecule has 2 heterocycles. The van der Waals surface area contributed by atoms with Gasteiger partial charge in [0, 0.05) is 44.2 Å². The van der Waals surface area contributed by atoms with Gasteiger partial charge >= 0.3 is 0 Å². The van der Waals surface area contributed by atoms with Crippen molar-refractivity contribution in [2.24, 2.45) is 0 Å². The van der Waals surface area contributed by atoms with E-state index < -0.39 is 0 Å². The van der Waals surface area contributed by atoms with Crippen molar-refractivity contribution in [1.82, 2.24) is 9.97 Å². The molecule has 0 radical (unpaired) electrons. The van der Waals surface area contributed by atoms with Crippen molar-refractivity contribution < 1.29 is 26.2 Å². The third-order valence-electron chi connectivity index (χ3n) is 11.6. The molecule has 1 N–H and O–H groups in total. The monoisotopic (exact) mass is 990 g/mol. The van der Waals surface area contributed by atoms with Crippen LogP contribution in [0.3, 0.4) is 0 Å². The smallest absolute Gasteiger partial charge is 0.124 e. The molecule has 62 heavy (non-hydrogen) atoms. The van der Waals surface area contributed by atoms with E-state index >= 15 is 0 Å². The molecule has 4 heteroatoms. The minimum absolute atomic E-state index is 0. The molecule has 0 atom stereocenters. The summed E-state index contributed by atoms with van der Waals surface area (Å²) in [6, 6.07) is 59.0. The molecule has 0 bridgehead atoms. The first-order chi connectivity index (χ1) is 29.0. The number of phenols is 1. The number of aromatic nitrogens is 2. The summed E-state index contributed by atoms with van der Waals surface area (Å²) in [5.41, 5.74) is 17.5. The van der Waals surface area contributed by atoms with Gasteiger partial charge in [-0.1, -0.05) is 177 Å². The second-order valence-electron chi connectivity index (χ2n) is 19.3. The fourth-order valence-electron chi connectivity index (χ4n) is 7.90. The van der Waals surface area contributed by atoms with Crippen molar-refractivity contribution in [3.63, 3.8) is 0 Å². The predicted octanol–water partition coefficient (Wildman–Crippen LogP) is 15.5. The van der Waals surface area contributed by atoms with E-state index in [1.807, 2.05) is 24.4 Å². The minimum Gasteiger partial charge on any atom is -0.507 e. The Bertz CT molecular complexity index is 2770. The van der Waals surface area contributed by atoms with Gasteiger partial charge in [-0.2, -0.15) is 0 Å². The van der Waals surface area contributed by atoms with Crippen LogP contribution < -0.4 is 0 Å². The standard InChI is InChI=1S/C58H55N2O.Pt/c1-56(2,3)45-30-43(31-46(35-45)57(4,5)6)44-33-52(60-53(34-44)48-25-16-17-26-54(48)61)41-24-18-23-40(29-41)51-32-42(27-28-59-51)55-49(38-19-12-10-13-20-38)36-47(58(7,8)9)37-50(55)39-21-14-11-15-22-39;/h10-28,30-37,61H,1-9H3;/q-1;. The van der Waals surface area contributed by atoms with Gasteiger partial charge in [-0.25, -0.2) is 0 Å². The Morgan fingerprint density at radius 3 is 1.42 bits per heavy atom. The van der Waals surface area contributed by atoms with Crippen molar-refractivity contribution >= 4 is 0 Å². The largest absolute Gasteiger partial charge is 0.507 e. The van der Waals surface area contributed by atoms with E-state index in [1.54, 1.807) is 6.07 Å². The summed E-state index contributed by atoms with van der Waals surface area (Å²) in [5.74, 6) is 0.191. The molecule has 0 unspecified atom stereocenters. The number of para-hydroxylation sites is 1. The van der Waals surface area contributed by atoms with Gasteiger partial charge < -0.3 is 5.11 Å². The van der Waals surface area contributed by atoms with E-state index in [9.17, 15) is 5.11 Å². The van der Waals surface area contributed by atoms with Crippen LogP contribution in [0.1, 0.15) is 79.0 Å². The Kier molecular flexibility index (Phi) is 12.4. The molecule has 0 aliphatic rings. The van der Waals surface area contributed by atoms with Gasteiger partial charge in [0.2, 0.25) is 0 Å². The number of hydrogen-bond acceptors (Lipinski definition) is 3. The normalized spacial score (nSPS) is 11.9. The van der Waals surface area contributed by atoms with E-state index in [0.29, 0.717) is 11.3 Å². The van der Waals surface area contributed by atoms with Gasteiger partial charge in [0.1, 0.15) is 5.75 Å². The molecule has 0 amide bonds. The van der Waals surface area contributed by atoms with Crippen molar-refractivity contribution in [2.45, 2.75) is 78.6 Å². The maximum absolute atomic E-state index is 11.1. The minimum atomic E-state index is -0.0564. The van der Waals surface area contributed by atoms with Gasteiger partial charge in [0.15, 0.2) is 0 Å². The predicted molar refractivity (Wildman–Crippen MR) is 257 cm³/mol. The Balaban J connectivity index is 0.00000578. The van der Waals surface area contributed by atoms with Crippen LogP contribution >= 0.6 is 0 Å². The number of hydrogen-bond donors (Lipinski definition) is 1. The number of pyridine rings is 2. The zero-order chi connectivity index (χ0) is 43.1. The number of nitrogens with zero attached hydrogens (tertiary/aromatic N) is 2. The molecule has 6 aromatic carbocycles. The van der Waals surface area contributed by atoms with Crippen LogP contribution in [0.2, 0.25) is 0 Å². The Labute approximate surface area is 383 Å². The van der Waals surface area contributed by atoms with Crippen LogP contribution in [0.4, 0.5) is 0 Å². The molecule has 0 aliphatic carbocycles. The Morgan fingerprint density at radius 2 is 0.871 bits per heavy atom. The summed E-state index contributed by atoms with van der Waals surface area (Å²) in [6.45, 7) is 20.4. The Morgan fingerprint density at radius 1 is 0.403 bits per heavy atom. The van der Waals surface area contributed by atoms with Crippen LogP contribution in [0, 0.1) is 6.07 Å². The van der Waals surface area contributed by atoms with Crippen LogP contribution in [0.15, 0.2) is 164 Å². The van der Waals surface area contributed by atoms with E-state index in [-0.39, 0.29) is 43.1 Å². The van der Waals surface area contributed by atoms with E-state index in [0.717, 1.165) is 39.2 Å². The maximum Gasteiger partial charge on any atom is 0.124 e. The topological polar surface area (TPSA) is 46.0 Å². The summed E-state index contributed by atoms with van der Waals surface area (Å²) in [5, 5.41) is 11.1. The quantitative estimate of drug-likeness (QED) is 0.162. The number of phenolic OH excluding ortho intramolecular Hbond substituents is 1. The van der Waals surface area contributed by atoms with Crippen LogP contribution in [-0.4, -0.2) is 15.1 Å². The Hall–Kier alpha value is -5.89. The summed E-state index contributed by atoms with van der Waals surface area (Å²) in [7, 11) is 0. The zero-order valence-corrected chi connectivity index (χ0v) is 39.5. The molecule has 8 rings (SSSR count). The van der Waals surface area contributed by atoms with E-state index in [4.69, 9.17) is 9.97 Å². The van der Waals surface area contributed by atoms with Crippen molar-refractivity contribution in [3.05, 3.63) is 187 Å². The third-order valence-corrected chi connectivity index (χ3v) is 11.6. The first-order valence-electron chi connectivity index (χ1n) is 21.3. The summed E-state index contributed by atoms with van der Waals surface area (Å²) >= 11 is 0. The molecule has 0 spiro atoms. The molecule has 0 fully saturated rings. The molecule has 0 saturated heterocycles. The summed E-state index contributed by atoms with van der Waals surface area (Å²) in [6.07, 6.45) is 1.91. The van der Waals surface area contributed by atoms with E-state index in [2.05, 4.69) is 202 Å². The van der Waals surface area contributed by atoms with Crippen LogP contribution in [0.5, 0.6) is 5.75 Å². The second kappa shape index (κ2) is 17.5. The van der Waals surface area contributed by atoms with Gasteiger partial charge in [-0.15, -0.1) is 24.3 Å². The molecule has 0 saturated carbocycles. The first-order valence-corrected chi connectivity index (χ1v) is 21.3. The SMILES string of the molecule is CC(C)(C)c1cc(-c2cc(-c3[c-]c(-c4cc(-c5c(-c6ccccc6)cc(C(C)(C)C)cc5-c5ccccc5)ccn4)ccc3)nc(-c3ccccc3O)c2)cc(C(C)(C)C)c1.[Pt]. The number of benzene rings is 6. The summed E-state index contributed by atoms with van der Waals surface area (Å²) in [4.78, 5) is 10.2. The second-order valence-corrected chi connectivity index (χ2v) is 19.3. The summed E-state index contributed by atoms with van der Waals surface area (Å²) < 4.78 is 0. The van der Waals surface area contributed by atoms with Gasteiger partial charge in [0.25, 0.3) is 0 Å². The average Bonchev–Trinajstić information content (AvgIpc) is 3.25. The molecule has 3 nitrogen and oxygen atoms in total. The fourth-order valence-corrected chi connectivity index (χ4v) is 7.90. The molecule has 314 valence electrons. The van der Waals surface area contributed by atoms with Gasteiger partial charge in [0.05, 0.1) is 5.69 Å². The van der Waals surface area contributed by atoms with Crippen molar-refractivity contribution in [2.75, 3.05) is 0 Å². The number of aromatic hydroxyl groups is 1. The average molecular weight is 991 g/mol. The van der Waals surface area contributed by atoms with Crippen molar-refractivity contribution in [1.29, 1.82) is 0 Å². The molecule has 2 aromatic heterocycles. The fraction of sp³-hybridized carbons (Fsp3) is 0.207. The number of rotatable bonds is 7. The molecule has 8 aromatic rings. The first kappa shape index (κ1) is 44.2. The zero-order valence-electron chi connectivity index (χ0n) is 37.2. The molecular formula is C58H55N2OPt-. The van der Waals surface area contributed by atoms with Gasteiger partial charge in [-0.05, 0) is 114 Å². The van der Waals surface area contributed by atoms with E-state index in [1.165, 1.54) is 44.5 Å².